The highest BCUT2D eigenvalue weighted by Crippen LogP contribution is 2.35. The molecule has 4 aromatic carbocycles. The van der Waals surface area contributed by atoms with Gasteiger partial charge in [0.1, 0.15) is 18.3 Å². The summed E-state index contributed by atoms with van der Waals surface area (Å²) < 4.78 is 35.8. The van der Waals surface area contributed by atoms with Gasteiger partial charge in [0.25, 0.3) is 10.0 Å². The van der Waals surface area contributed by atoms with Gasteiger partial charge in [-0.2, -0.15) is 0 Å². The molecule has 8 nitrogen and oxygen atoms in total. The number of methoxy groups -OCH3 is 1. The Labute approximate surface area is 284 Å². The number of benzene rings is 4. The molecule has 1 atom stereocenters. The van der Waals surface area contributed by atoms with Crippen molar-refractivity contribution in [1.29, 1.82) is 0 Å². The van der Waals surface area contributed by atoms with E-state index in [4.69, 9.17) is 16.3 Å². The highest BCUT2D eigenvalue weighted by molar-refractivity contribution is 9.10. The lowest BCUT2D eigenvalue weighted by Gasteiger charge is -2.34. The number of nitrogens with zero attached hydrogens (tertiary/aromatic N) is 2. The van der Waals surface area contributed by atoms with Gasteiger partial charge in [-0.1, -0.05) is 102 Å². The largest absolute Gasteiger partial charge is 0.495 e. The number of hydrogen-bond acceptors (Lipinski definition) is 5. The second-order valence-electron chi connectivity index (χ2n) is 11.1. The predicted molar refractivity (Wildman–Crippen MR) is 185 cm³/mol. The van der Waals surface area contributed by atoms with E-state index in [1.165, 1.54) is 30.2 Å². The molecule has 0 aliphatic rings. The molecule has 0 unspecified atom stereocenters. The van der Waals surface area contributed by atoms with Crippen LogP contribution in [0.1, 0.15) is 25.0 Å². The Balaban J connectivity index is 1.84. The minimum Gasteiger partial charge on any atom is -0.495 e. The molecule has 0 fully saturated rings. The molecule has 0 radical (unpaired) electrons. The third-order valence-corrected chi connectivity index (χ3v) is 9.72. The van der Waals surface area contributed by atoms with Crippen molar-refractivity contribution in [1.82, 2.24) is 10.2 Å². The van der Waals surface area contributed by atoms with Crippen LogP contribution in [0.4, 0.5) is 5.69 Å². The number of carbonyl (C=O) groups is 2. The predicted octanol–water partition coefficient (Wildman–Crippen LogP) is 6.72. The average Bonchev–Trinajstić information content (AvgIpc) is 3.04. The first-order chi connectivity index (χ1) is 22.0. The Morgan fingerprint density at radius 2 is 1.54 bits per heavy atom. The van der Waals surface area contributed by atoms with Gasteiger partial charge in [-0.05, 0) is 59.5 Å². The molecule has 0 aliphatic heterocycles. The minimum atomic E-state index is -4.30. The first-order valence-electron chi connectivity index (χ1n) is 14.8. The van der Waals surface area contributed by atoms with Crippen LogP contribution in [0.25, 0.3) is 0 Å². The first-order valence-corrected chi connectivity index (χ1v) is 17.4. The molecule has 11 heteroatoms. The van der Waals surface area contributed by atoms with Crippen molar-refractivity contribution in [2.75, 3.05) is 24.5 Å². The molecule has 0 heterocycles. The fraction of sp³-hybridized carbons (Fsp3) is 0.257. The summed E-state index contributed by atoms with van der Waals surface area (Å²) in [5.41, 5.74) is 1.71. The molecule has 0 aromatic heterocycles. The highest BCUT2D eigenvalue weighted by atomic mass is 79.9. The molecular formula is C35H37BrClN3O5S. The molecule has 0 aliphatic carbocycles. The summed E-state index contributed by atoms with van der Waals surface area (Å²) in [6.45, 7) is 3.82. The van der Waals surface area contributed by atoms with Gasteiger partial charge in [0.2, 0.25) is 11.8 Å². The fourth-order valence-electron chi connectivity index (χ4n) is 4.90. The topological polar surface area (TPSA) is 96.0 Å². The Hall–Kier alpha value is -3.86. The molecule has 0 bridgehead atoms. The van der Waals surface area contributed by atoms with Crippen molar-refractivity contribution in [2.45, 2.75) is 37.8 Å². The Bertz CT molecular complexity index is 1740. The van der Waals surface area contributed by atoms with Crippen LogP contribution < -0.4 is 14.4 Å². The zero-order chi connectivity index (χ0) is 33.3. The molecule has 46 heavy (non-hydrogen) atoms. The van der Waals surface area contributed by atoms with Crippen molar-refractivity contribution in [3.05, 3.63) is 124 Å². The molecule has 4 aromatic rings. The van der Waals surface area contributed by atoms with Gasteiger partial charge < -0.3 is 15.0 Å². The first kappa shape index (κ1) is 35.0. The van der Waals surface area contributed by atoms with Crippen LogP contribution in [0.15, 0.2) is 112 Å². The number of anilines is 1. The zero-order valence-electron chi connectivity index (χ0n) is 25.9. The molecule has 0 saturated heterocycles. The summed E-state index contributed by atoms with van der Waals surface area (Å²) in [5, 5.41) is 3.25. The van der Waals surface area contributed by atoms with Gasteiger partial charge in [-0.15, -0.1) is 0 Å². The van der Waals surface area contributed by atoms with E-state index in [-0.39, 0.29) is 46.1 Å². The summed E-state index contributed by atoms with van der Waals surface area (Å²) in [5.74, 6) is -0.524. The Morgan fingerprint density at radius 1 is 0.891 bits per heavy atom. The van der Waals surface area contributed by atoms with Crippen molar-refractivity contribution >= 4 is 55.1 Å². The quantitative estimate of drug-likeness (QED) is 0.156. The van der Waals surface area contributed by atoms with Crippen LogP contribution in [0.5, 0.6) is 5.75 Å². The summed E-state index contributed by atoms with van der Waals surface area (Å²) >= 11 is 9.85. The molecule has 0 spiro atoms. The summed E-state index contributed by atoms with van der Waals surface area (Å²) in [7, 11) is -2.89. The Morgan fingerprint density at radius 3 is 2.17 bits per heavy atom. The lowest BCUT2D eigenvalue weighted by Crippen LogP contribution is -2.53. The van der Waals surface area contributed by atoms with E-state index in [9.17, 15) is 18.0 Å². The third kappa shape index (κ3) is 9.11. The van der Waals surface area contributed by atoms with Crippen LogP contribution in [-0.4, -0.2) is 51.4 Å². The molecular weight excluding hydrogens is 690 g/mol. The average molecular weight is 727 g/mol. The summed E-state index contributed by atoms with van der Waals surface area (Å²) in [6.07, 6.45) is 0.219. The number of carbonyl (C=O) groups excluding carboxylic acids is 2. The van der Waals surface area contributed by atoms with Gasteiger partial charge >= 0.3 is 0 Å². The smallest absolute Gasteiger partial charge is 0.264 e. The summed E-state index contributed by atoms with van der Waals surface area (Å²) in [4.78, 5) is 29.9. The van der Waals surface area contributed by atoms with Crippen molar-refractivity contribution in [2.24, 2.45) is 5.92 Å². The standard InChI is InChI=1S/C35H37BrClN3O5S/c1-25(2)22-38-35(42)32(20-26-11-6-4-7-12-26)39(23-27-13-10-14-28(36)19-27)34(41)24-40(31-21-29(37)17-18-33(31)45-3)46(43,44)30-15-8-5-9-16-30/h4-19,21,25,32H,20,22-24H2,1-3H3,(H,38,42)/t32-/m0/s1. The summed E-state index contributed by atoms with van der Waals surface area (Å²) in [6, 6.07) is 28.3. The molecule has 242 valence electrons. The second-order valence-corrected chi connectivity index (χ2v) is 14.4. The van der Waals surface area contributed by atoms with Crippen LogP contribution >= 0.6 is 27.5 Å². The van der Waals surface area contributed by atoms with Crippen molar-refractivity contribution < 1.29 is 22.7 Å². The molecule has 4 rings (SSSR count). The number of hydrogen-bond donors (Lipinski definition) is 1. The molecule has 2 amide bonds. The SMILES string of the molecule is COc1ccc(Cl)cc1N(CC(=O)N(Cc1cccc(Br)c1)[C@@H](Cc1ccccc1)C(=O)NCC(C)C)S(=O)(=O)c1ccccc1. The Kier molecular flexibility index (Phi) is 12.3. The maximum absolute atomic E-state index is 14.6. The van der Waals surface area contributed by atoms with Crippen LogP contribution in [-0.2, 0) is 32.6 Å². The van der Waals surface area contributed by atoms with E-state index in [1.807, 2.05) is 68.4 Å². The monoisotopic (exact) mass is 725 g/mol. The minimum absolute atomic E-state index is 0.0149. The maximum Gasteiger partial charge on any atom is 0.264 e. The van der Waals surface area contributed by atoms with Crippen LogP contribution in [0, 0.1) is 5.92 Å². The second kappa shape index (κ2) is 16.1. The van der Waals surface area contributed by atoms with Gasteiger partial charge in [0, 0.05) is 29.0 Å². The lowest BCUT2D eigenvalue weighted by molar-refractivity contribution is -0.140. The third-order valence-electron chi connectivity index (χ3n) is 7.22. The van der Waals surface area contributed by atoms with Gasteiger partial charge in [-0.25, -0.2) is 8.42 Å². The van der Waals surface area contributed by atoms with Crippen LogP contribution in [0.2, 0.25) is 5.02 Å². The number of nitrogens with one attached hydrogen (secondary N) is 1. The zero-order valence-corrected chi connectivity index (χ0v) is 29.1. The lowest BCUT2D eigenvalue weighted by atomic mass is 10.0. The van der Waals surface area contributed by atoms with E-state index in [0.717, 1.165) is 19.9 Å². The number of halogens is 2. The molecule has 0 saturated carbocycles. The van der Waals surface area contributed by atoms with Crippen molar-refractivity contribution in [3.63, 3.8) is 0 Å². The number of ether oxygens (including phenoxy) is 1. The maximum atomic E-state index is 14.6. The molecule has 1 N–H and O–H groups in total. The highest BCUT2D eigenvalue weighted by Gasteiger charge is 2.35. The van der Waals surface area contributed by atoms with E-state index in [1.54, 1.807) is 30.3 Å². The van der Waals surface area contributed by atoms with E-state index in [0.29, 0.717) is 6.54 Å². The number of sulfonamides is 1. The van der Waals surface area contributed by atoms with Gasteiger partial charge in [0.15, 0.2) is 0 Å². The van der Waals surface area contributed by atoms with Gasteiger partial charge in [0.05, 0.1) is 17.7 Å². The van der Waals surface area contributed by atoms with E-state index in [2.05, 4.69) is 21.2 Å². The number of rotatable bonds is 14. The van der Waals surface area contributed by atoms with Gasteiger partial charge in [-0.3, -0.25) is 13.9 Å². The van der Waals surface area contributed by atoms with Crippen LogP contribution in [0.3, 0.4) is 0 Å². The van der Waals surface area contributed by atoms with E-state index < -0.39 is 28.5 Å². The fourth-order valence-corrected chi connectivity index (χ4v) is 6.95. The van der Waals surface area contributed by atoms with Crippen molar-refractivity contribution in [3.8, 4) is 5.75 Å². The number of amides is 2. The van der Waals surface area contributed by atoms with E-state index >= 15 is 0 Å². The normalized spacial score (nSPS) is 12.0.